The second-order valence-corrected chi connectivity index (χ2v) is 8.43. The maximum atomic E-state index is 13.2. The molecule has 0 radical (unpaired) electrons. The molecule has 37 heavy (non-hydrogen) atoms. The fourth-order valence-corrected chi connectivity index (χ4v) is 4.09. The highest BCUT2D eigenvalue weighted by Gasteiger charge is 2.25. The summed E-state index contributed by atoms with van der Waals surface area (Å²) < 4.78 is 13.2. The number of rotatable bonds is 5. The number of pyridine rings is 1. The van der Waals surface area contributed by atoms with Gasteiger partial charge in [-0.2, -0.15) is 0 Å². The number of hydrogen-bond donors (Lipinski definition) is 5. The lowest BCUT2D eigenvalue weighted by atomic mass is 10.0. The molecule has 5 rings (SSSR count). The molecule has 0 spiro atoms. The van der Waals surface area contributed by atoms with E-state index in [0.717, 1.165) is 0 Å². The summed E-state index contributed by atoms with van der Waals surface area (Å²) in [6, 6.07) is 11.6. The highest BCUT2D eigenvalue weighted by atomic mass is 19.1. The number of carbonyl (C=O) groups is 3. The van der Waals surface area contributed by atoms with Crippen LogP contribution in [0.4, 0.5) is 15.8 Å². The molecule has 1 aliphatic heterocycles. The highest BCUT2D eigenvalue weighted by molar-refractivity contribution is 6.35. The average molecular weight is 498 g/mol. The summed E-state index contributed by atoms with van der Waals surface area (Å²) in [7, 11) is 0. The normalized spacial score (nSPS) is 13.4. The number of aromatic nitrogens is 2. The third kappa shape index (κ3) is 4.43. The Kier molecular flexibility index (Phi) is 5.76. The number of aryl methyl sites for hydroxylation is 1. The number of carboxylic acids is 1. The molecule has 9 nitrogen and oxygen atoms in total. The molecule has 2 aromatic heterocycles. The van der Waals surface area contributed by atoms with E-state index in [1.165, 1.54) is 42.7 Å². The number of aromatic amines is 2. The lowest BCUT2D eigenvalue weighted by Crippen LogP contribution is -2.22. The summed E-state index contributed by atoms with van der Waals surface area (Å²) in [5.74, 6) is -2.59. The van der Waals surface area contributed by atoms with Gasteiger partial charge in [0.1, 0.15) is 17.1 Å². The van der Waals surface area contributed by atoms with Crippen molar-refractivity contribution in [3.8, 4) is 11.1 Å². The molecule has 0 unspecified atom stereocenters. The van der Waals surface area contributed by atoms with E-state index in [1.54, 1.807) is 31.2 Å². The number of carbonyl (C=O) groups excluding carboxylic acids is 2. The van der Waals surface area contributed by atoms with Crippen LogP contribution in [0.3, 0.4) is 0 Å². The fraction of sp³-hybridized carbons (Fsp3) is 0.0370. The molecule has 10 heteroatoms. The zero-order chi connectivity index (χ0) is 26.3. The number of halogens is 1. The first-order valence-electron chi connectivity index (χ1n) is 11.1. The predicted octanol–water partition coefficient (Wildman–Crippen LogP) is 4.26. The smallest absolute Gasteiger partial charge is 0.352 e. The van der Waals surface area contributed by atoms with Crippen molar-refractivity contribution in [2.75, 3.05) is 10.6 Å². The summed E-state index contributed by atoms with van der Waals surface area (Å²) >= 11 is 0. The Morgan fingerprint density at radius 3 is 2.46 bits per heavy atom. The van der Waals surface area contributed by atoms with E-state index < -0.39 is 23.1 Å². The molecule has 2 amide bonds. The molecule has 5 N–H and O–H groups in total. The number of hydrogen-bond acceptors (Lipinski definition) is 4. The van der Waals surface area contributed by atoms with Crippen LogP contribution in [0.1, 0.15) is 37.7 Å². The zero-order valence-corrected chi connectivity index (χ0v) is 19.3. The highest BCUT2D eigenvalue weighted by Crippen LogP contribution is 2.35. The van der Waals surface area contributed by atoms with E-state index >= 15 is 0 Å². The summed E-state index contributed by atoms with van der Waals surface area (Å²) in [4.78, 5) is 55.2. The molecule has 0 bridgehead atoms. The molecule has 184 valence electrons. The van der Waals surface area contributed by atoms with Crippen LogP contribution < -0.4 is 16.1 Å². The molecule has 0 saturated heterocycles. The van der Waals surface area contributed by atoms with Gasteiger partial charge in [-0.25, -0.2) is 9.18 Å². The number of amides is 2. The molecule has 0 saturated carbocycles. The second-order valence-electron chi connectivity index (χ2n) is 8.43. The molecule has 4 aromatic rings. The molecule has 0 aliphatic carbocycles. The minimum atomic E-state index is -1.11. The number of aromatic carboxylic acids is 1. The van der Waals surface area contributed by atoms with Crippen molar-refractivity contribution in [3.63, 3.8) is 0 Å². The number of H-pyrrole nitrogens is 2. The first-order chi connectivity index (χ1) is 17.7. The largest absolute Gasteiger partial charge is 0.477 e. The van der Waals surface area contributed by atoms with Crippen LogP contribution >= 0.6 is 0 Å². The fourth-order valence-electron chi connectivity index (χ4n) is 4.09. The van der Waals surface area contributed by atoms with Crippen molar-refractivity contribution < 1.29 is 23.9 Å². The Labute approximate surface area is 208 Å². The summed E-state index contributed by atoms with van der Waals surface area (Å²) in [6.07, 6.45) is 4.29. The van der Waals surface area contributed by atoms with E-state index in [0.29, 0.717) is 39.3 Å². The van der Waals surface area contributed by atoms with Crippen molar-refractivity contribution in [2.45, 2.75) is 6.92 Å². The van der Waals surface area contributed by atoms with Gasteiger partial charge in [0.2, 0.25) is 5.43 Å². The predicted molar refractivity (Wildman–Crippen MR) is 136 cm³/mol. The third-order valence-corrected chi connectivity index (χ3v) is 5.98. The third-order valence-electron chi connectivity index (χ3n) is 5.98. The van der Waals surface area contributed by atoms with Crippen molar-refractivity contribution in [1.82, 2.24) is 9.97 Å². The van der Waals surface area contributed by atoms with Gasteiger partial charge < -0.3 is 25.7 Å². The lowest BCUT2D eigenvalue weighted by molar-refractivity contribution is -0.110. The topological polar surface area (TPSA) is 144 Å². The molecule has 1 aliphatic rings. The van der Waals surface area contributed by atoms with Crippen LogP contribution in [-0.2, 0) is 4.79 Å². The summed E-state index contributed by atoms with van der Waals surface area (Å²) in [5, 5.41) is 14.6. The average Bonchev–Trinajstić information content (AvgIpc) is 3.39. The maximum absolute atomic E-state index is 13.2. The quantitative estimate of drug-likeness (QED) is 0.261. The zero-order valence-electron chi connectivity index (χ0n) is 19.3. The van der Waals surface area contributed by atoms with Gasteiger partial charge in [-0.05, 0) is 54.5 Å². The Balaban J connectivity index is 1.41. The van der Waals surface area contributed by atoms with Gasteiger partial charge in [0.05, 0.1) is 11.3 Å². The SMILES string of the molecule is Cc1cc(C(=O)O)[nH]c1C=C1C(=O)Nc2cc(NC(=O)c3c[nH]cc(-c4ccc(F)cc4)c3=O)ccc21. The van der Waals surface area contributed by atoms with Crippen LogP contribution in [0.25, 0.3) is 22.8 Å². The number of nitrogens with one attached hydrogen (secondary N) is 4. The summed E-state index contributed by atoms with van der Waals surface area (Å²) in [6.45, 7) is 1.73. The molecule has 0 atom stereocenters. The maximum Gasteiger partial charge on any atom is 0.352 e. The molecular weight excluding hydrogens is 479 g/mol. The Morgan fingerprint density at radius 1 is 1.00 bits per heavy atom. The van der Waals surface area contributed by atoms with Crippen LogP contribution in [0, 0.1) is 12.7 Å². The van der Waals surface area contributed by atoms with Crippen molar-refractivity contribution in [1.29, 1.82) is 0 Å². The first-order valence-corrected chi connectivity index (χ1v) is 11.1. The Hall–Kier alpha value is -5.25. The van der Waals surface area contributed by atoms with Crippen molar-refractivity contribution >= 4 is 40.8 Å². The number of fused-ring (bicyclic) bond motifs is 1. The molecule has 3 heterocycles. The van der Waals surface area contributed by atoms with Crippen LogP contribution in [0.15, 0.2) is 65.7 Å². The lowest BCUT2D eigenvalue weighted by Gasteiger charge is -2.08. The van der Waals surface area contributed by atoms with Gasteiger partial charge in [0.15, 0.2) is 0 Å². The molecule has 2 aromatic carbocycles. The first kappa shape index (κ1) is 23.5. The van der Waals surface area contributed by atoms with E-state index in [4.69, 9.17) is 0 Å². The van der Waals surface area contributed by atoms with Crippen LogP contribution in [0.2, 0.25) is 0 Å². The van der Waals surface area contributed by atoms with Crippen molar-refractivity contribution in [2.24, 2.45) is 0 Å². The summed E-state index contributed by atoms with van der Waals surface area (Å²) in [5.41, 5.74) is 2.90. The Morgan fingerprint density at radius 2 is 1.76 bits per heavy atom. The van der Waals surface area contributed by atoms with E-state index in [9.17, 15) is 28.7 Å². The monoisotopic (exact) mass is 498 g/mol. The number of benzene rings is 2. The minimum absolute atomic E-state index is 0.0134. The number of anilines is 2. The van der Waals surface area contributed by atoms with Gasteiger partial charge in [-0.3, -0.25) is 14.4 Å². The van der Waals surface area contributed by atoms with E-state index in [-0.39, 0.29) is 22.7 Å². The minimum Gasteiger partial charge on any atom is -0.477 e. The second kappa shape index (κ2) is 9.08. The van der Waals surface area contributed by atoms with Gasteiger partial charge in [-0.15, -0.1) is 0 Å². The van der Waals surface area contributed by atoms with Gasteiger partial charge in [-0.1, -0.05) is 18.2 Å². The van der Waals surface area contributed by atoms with Gasteiger partial charge >= 0.3 is 5.97 Å². The van der Waals surface area contributed by atoms with Crippen LogP contribution in [0.5, 0.6) is 0 Å². The van der Waals surface area contributed by atoms with Crippen molar-refractivity contribution in [3.05, 3.63) is 105 Å². The number of carboxylic acid groups (broad SMARTS) is 1. The Bertz CT molecular complexity index is 1680. The molecule has 0 fully saturated rings. The van der Waals surface area contributed by atoms with Gasteiger partial charge in [0.25, 0.3) is 11.8 Å². The molecular formula is C27H19FN4O5. The van der Waals surface area contributed by atoms with Gasteiger partial charge in [0, 0.05) is 34.9 Å². The van der Waals surface area contributed by atoms with E-state index in [1.807, 2.05) is 0 Å². The van der Waals surface area contributed by atoms with E-state index in [2.05, 4.69) is 20.6 Å². The standard InChI is InChI=1S/C27H19FN4O5/c1-13-8-23(27(36)37)31-21(13)10-18-17-7-6-16(9-22(17)32-25(18)34)30-26(35)20-12-29-11-19(24(20)33)14-2-4-15(28)5-3-14/h2-12,31H,1H3,(H,29,33)(H,30,35)(H,32,34)(H,36,37). The van der Waals surface area contributed by atoms with Crippen LogP contribution in [-0.4, -0.2) is 32.9 Å².